The molecule has 0 spiro atoms. The molecular weight excluding hydrogens is 246 g/mol. The molecule has 1 fully saturated rings. The van der Waals surface area contributed by atoms with Crippen molar-refractivity contribution in [1.82, 2.24) is 0 Å². The highest BCUT2D eigenvalue weighted by atomic mass is 32.3. The fourth-order valence-corrected chi connectivity index (χ4v) is 1.53. The molecule has 0 aromatic heterocycles. The van der Waals surface area contributed by atoms with Crippen molar-refractivity contribution in [2.45, 2.75) is 19.3 Å². The van der Waals surface area contributed by atoms with Gasteiger partial charge >= 0.3 is 0 Å². The van der Waals surface area contributed by atoms with E-state index in [1.54, 1.807) is 7.11 Å². The van der Waals surface area contributed by atoms with Gasteiger partial charge in [-0.15, -0.1) is 0 Å². The minimum absolute atomic E-state index is 0.808. The van der Waals surface area contributed by atoms with Gasteiger partial charge in [-0.25, -0.2) is 13.0 Å². The Morgan fingerprint density at radius 2 is 1.82 bits per heavy atom. The van der Waals surface area contributed by atoms with Gasteiger partial charge in [-0.2, -0.15) is 0 Å². The zero-order valence-corrected chi connectivity index (χ0v) is 11.4. The third kappa shape index (κ3) is 7.09. The summed E-state index contributed by atoms with van der Waals surface area (Å²) in [5, 5.41) is 0. The monoisotopic (exact) mass is 265 g/mol. The fourth-order valence-electron chi connectivity index (χ4n) is 1.53. The molecule has 100 valence electrons. The number of allylic oxidation sites excluding steroid dienone is 1. The number of methoxy groups -OCH3 is 1. The number of hydrogen-bond donors (Lipinski definition) is 0. The fraction of sp³-hybridized carbons (Fsp3) is 0.700. The molecule has 1 rings (SSSR count). The van der Waals surface area contributed by atoms with E-state index in [0.717, 1.165) is 7.11 Å². The van der Waals surface area contributed by atoms with E-state index in [1.165, 1.54) is 30.5 Å². The van der Waals surface area contributed by atoms with Crippen LogP contribution in [0.2, 0.25) is 0 Å². The van der Waals surface area contributed by atoms with Crippen molar-refractivity contribution >= 4 is 16.1 Å². The lowest BCUT2D eigenvalue weighted by Gasteiger charge is -1.98. The Morgan fingerprint density at radius 1 is 1.29 bits per heavy atom. The number of nitrogens with zero attached hydrogens (tertiary/aromatic N) is 1. The molecule has 1 saturated carbocycles. The van der Waals surface area contributed by atoms with Crippen molar-refractivity contribution in [2.24, 2.45) is 0 Å². The zero-order chi connectivity index (χ0) is 13.5. The third-order valence-corrected chi connectivity index (χ3v) is 2.64. The summed E-state index contributed by atoms with van der Waals surface area (Å²) in [5.41, 5.74) is 2.78. The molecule has 0 radical (unpaired) electrons. The van der Waals surface area contributed by atoms with E-state index in [4.69, 9.17) is 4.74 Å². The van der Waals surface area contributed by atoms with Gasteiger partial charge in [0.25, 0.3) is 0 Å². The predicted molar refractivity (Wildman–Crippen MR) is 62.8 cm³/mol. The molecule has 1 aliphatic carbocycles. The standard InChI is InChI=1S/C9H16NO.CH4O4S/c1-10(2)9-6-4-5-8(9)7-11-3;1-5-6(2,3)4/h7H,4-6H2,1-3H3;1H3,(H,2,3,4)/q+1;/p-1. The van der Waals surface area contributed by atoms with Crippen LogP contribution in [0.4, 0.5) is 0 Å². The summed E-state index contributed by atoms with van der Waals surface area (Å²) in [5.74, 6) is 0. The van der Waals surface area contributed by atoms with Crippen LogP contribution < -0.4 is 0 Å². The Morgan fingerprint density at radius 3 is 2.18 bits per heavy atom. The van der Waals surface area contributed by atoms with Crippen LogP contribution in [-0.2, 0) is 19.3 Å². The van der Waals surface area contributed by atoms with Gasteiger partial charge in [0.15, 0.2) is 5.71 Å². The summed E-state index contributed by atoms with van der Waals surface area (Å²) >= 11 is 0. The number of rotatable bonds is 2. The second-order valence-electron chi connectivity index (χ2n) is 3.65. The quantitative estimate of drug-likeness (QED) is 0.314. The van der Waals surface area contributed by atoms with Crippen LogP contribution in [-0.4, -0.2) is 51.6 Å². The van der Waals surface area contributed by atoms with Gasteiger partial charge in [0.1, 0.15) is 14.1 Å². The summed E-state index contributed by atoms with van der Waals surface area (Å²) in [6.45, 7) is 0. The average molecular weight is 265 g/mol. The molecule has 0 unspecified atom stereocenters. The molecule has 1 aliphatic rings. The maximum absolute atomic E-state index is 9.22. The van der Waals surface area contributed by atoms with Crippen molar-refractivity contribution < 1.29 is 26.5 Å². The Bertz CT molecular complexity index is 393. The van der Waals surface area contributed by atoms with E-state index in [9.17, 15) is 13.0 Å². The first kappa shape index (κ1) is 16.1. The molecule has 0 heterocycles. The third-order valence-electron chi connectivity index (χ3n) is 2.23. The average Bonchev–Trinajstić information content (AvgIpc) is 2.66. The lowest BCUT2D eigenvalue weighted by Crippen LogP contribution is -2.10. The first-order chi connectivity index (χ1) is 7.81. The normalized spacial score (nSPS) is 17.7. The summed E-state index contributed by atoms with van der Waals surface area (Å²) in [4.78, 5) is 0. The topological polar surface area (TPSA) is 78.7 Å². The molecule has 0 aromatic rings. The van der Waals surface area contributed by atoms with Crippen LogP contribution in [0, 0.1) is 0 Å². The van der Waals surface area contributed by atoms with Gasteiger partial charge in [0.05, 0.1) is 26.1 Å². The summed E-state index contributed by atoms with van der Waals surface area (Å²) < 4.78 is 38.2. The molecule has 7 heteroatoms. The van der Waals surface area contributed by atoms with Crippen LogP contribution in [0.5, 0.6) is 0 Å². The maximum Gasteiger partial charge on any atom is 0.217 e. The van der Waals surface area contributed by atoms with Crippen LogP contribution in [0.3, 0.4) is 0 Å². The van der Waals surface area contributed by atoms with Crippen molar-refractivity contribution in [3.05, 3.63) is 11.8 Å². The summed E-state index contributed by atoms with van der Waals surface area (Å²) in [6, 6.07) is 0. The Kier molecular flexibility index (Phi) is 7.01. The minimum atomic E-state index is -4.41. The summed E-state index contributed by atoms with van der Waals surface area (Å²) in [7, 11) is 2.28. The maximum atomic E-state index is 9.22. The van der Waals surface area contributed by atoms with Crippen LogP contribution >= 0.6 is 0 Å². The van der Waals surface area contributed by atoms with E-state index < -0.39 is 10.4 Å². The molecule has 6 nitrogen and oxygen atoms in total. The van der Waals surface area contributed by atoms with Crippen molar-refractivity contribution in [3.63, 3.8) is 0 Å². The second-order valence-corrected chi connectivity index (χ2v) is 4.80. The van der Waals surface area contributed by atoms with Gasteiger partial charge in [0.2, 0.25) is 10.4 Å². The van der Waals surface area contributed by atoms with Crippen LogP contribution in [0.25, 0.3) is 0 Å². The molecule has 0 amide bonds. The van der Waals surface area contributed by atoms with Crippen LogP contribution in [0.1, 0.15) is 19.3 Å². The molecule has 0 bridgehead atoms. The number of ether oxygens (including phenoxy) is 1. The molecule has 17 heavy (non-hydrogen) atoms. The van der Waals surface area contributed by atoms with Gasteiger partial charge < -0.3 is 9.29 Å². The first-order valence-corrected chi connectivity index (χ1v) is 6.42. The Balaban J connectivity index is 0.000000366. The smallest absolute Gasteiger partial charge is 0.217 e. The highest BCUT2D eigenvalue weighted by molar-refractivity contribution is 7.80. The van der Waals surface area contributed by atoms with Gasteiger partial charge in [-0.05, 0) is 12.8 Å². The molecule has 0 N–H and O–H groups in total. The lowest BCUT2D eigenvalue weighted by molar-refractivity contribution is -0.464. The van der Waals surface area contributed by atoms with Crippen molar-refractivity contribution in [2.75, 3.05) is 28.3 Å². The van der Waals surface area contributed by atoms with E-state index >= 15 is 0 Å². The highest BCUT2D eigenvalue weighted by Crippen LogP contribution is 2.20. The number of hydrogen-bond acceptors (Lipinski definition) is 5. The lowest BCUT2D eigenvalue weighted by atomic mass is 10.2. The largest absolute Gasteiger partial charge is 0.726 e. The zero-order valence-electron chi connectivity index (χ0n) is 10.6. The SMILES string of the molecule is COC=C1CCCC1=[N+](C)C.COS(=O)(=O)[O-]. The molecule has 0 saturated heterocycles. The molecule has 0 aromatic carbocycles. The van der Waals surface area contributed by atoms with Crippen LogP contribution in [0.15, 0.2) is 11.8 Å². The molecule has 0 atom stereocenters. The van der Waals surface area contributed by atoms with E-state index in [1.807, 2.05) is 6.26 Å². The van der Waals surface area contributed by atoms with Gasteiger partial charge in [-0.3, -0.25) is 4.18 Å². The highest BCUT2D eigenvalue weighted by Gasteiger charge is 2.21. The van der Waals surface area contributed by atoms with Gasteiger partial charge in [0, 0.05) is 6.42 Å². The Hall–Kier alpha value is -0.920. The van der Waals surface area contributed by atoms with E-state index in [-0.39, 0.29) is 0 Å². The molecule has 0 aliphatic heterocycles. The molecular formula is C10H19NO5S. The minimum Gasteiger partial charge on any atom is -0.726 e. The van der Waals surface area contributed by atoms with Crippen molar-refractivity contribution in [3.8, 4) is 0 Å². The summed E-state index contributed by atoms with van der Waals surface area (Å²) in [6.07, 6.45) is 5.49. The Labute approximate surface area is 103 Å². The predicted octanol–water partition coefficient (Wildman–Crippen LogP) is 0.507. The van der Waals surface area contributed by atoms with Crippen molar-refractivity contribution in [1.29, 1.82) is 0 Å². The van der Waals surface area contributed by atoms with E-state index in [0.29, 0.717) is 0 Å². The van der Waals surface area contributed by atoms with Gasteiger partial charge in [-0.1, -0.05) is 0 Å². The van der Waals surface area contributed by atoms with E-state index in [2.05, 4.69) is 22.9 Å². The first-order valence-electron chi connectivity index (χ1n) is 5.08. The second kappa shape index (κ2) is 7.41.